The van der Waals surface area contributed by atoms with E-state index in [0.29, 0.717) is 6.61 Å². The average molecular weight is 311 g/mol. The molecule has 0 unspecified atom stereocenters. The van der Waals surface area contributed by atoms with Gasteiger partial charge in [0, 0.05) is 4.75 Å². The zero-order valence-electron chi connectivity index (χ0n) is 13.2. The standard InChI is InChI=1S/C16H25NO3S/c1-11-8-12(2)10-13(9-11)20-6-5-7-21-16(3,4)14(17)15(18)19/h8-10,14H,5-7,17H2,1-4H3,(H,18,19)/t14-/m0/s1. The second-order valence-electron chi connectivity index (χ2n) is 5.79. The van der Waals surface area contributed by atoms with Crippen LogP contribution in [0.1, 0.15) is 31.4 Å². The van der Waals surface area contributed by atoms with Gasteiger partial charge in [0.1, 0.15) is 11.8 Å². The molecule has 0 aliphatic rings. The lowest BCUT2D eigenvalue weighted by atomic mass is 10.1. The molecule has 118 valence electrons. The molecule has 3 N–H and O–H groups in total. The molecule has 0 saturated carbocycles. The van der Waals surface area contributed by atoms with Crippen LogP contribution in [0.4, 0.5) is 0 Å². The van der Waals surface area contributed by atoms with Crippen molar-refractivity contribution in [2.75, 3.05) is 12.4 Å². The maximum absolute atomic E-state index is 10.9. The van der Waals surface area contributed by atoms with Crippen LogP contribution in [-0.4, -0.2) is 34.2 Å². The molecule has 0 heterocycles. The molecule has 1 aromatic carbocycles. The summed E-state index contributed by atoms with van der Waals surface area (Å²) in [4.78, 5) is 10.9. The van der Waals surface area contributed by atoms with Gasteiger partial charge in [-0.25, -0.2) is 0 Å². The Balaban J connectivity index is 2.33. The van der Waals surface area contributed by atoms with E-state index >= 15 is 0 Å². The monoisotopic (exact) mass is 311 g/mol. The summed E-state index contributed by atoms with van der Waals surface area (Å²) >= 11 is 1.57. The van der Waals surface area contributed by atoms with Crippen LogP contribution in [0.2, 0.25) is 0 Å². The SMILES string of the molecule is Cc1cc(C)cc(OCCCSC(C)(C)[C@@H](N)C(=O)O)c1. The van der Waals surface area contributed by atoms with Crippen molar-refractivity contribution in [2.45, 2.75) is 44.9 Å². The minimum Gasteiger partial charge on any atom is -0.494 e. The van der Waals surface area contributed by atoms with Gasteiger partial charge < -0.3 is 15.6 Å². The van der Waals surface area contributed by atoms with Crippen molar-refractivity contribution in [3.63, 3.8) is 0 Å². The number of benzene rings is 1. The van der Waals surface area contributed by atoms with E-state index in [4.69, 9.17) is 15.6 Å². The van der Waals surface area contributed by atoms with Crippen molar-refractivity contribution >= 4 is 17.7 Å². The van der Waals surface area contributed by atoms with Gasteiger partial charge in [-0.05, 0) is 63.1 Å². The Bertz CT molecular complexity index is 468. The normalized spacial score (nSPS) is 13.0. The van der Waals surface area contributed by atoms with E-state index in [1.54, 1.807) is 11.8 Å². The number of carboxylic acid groups (broad SMARTS) is 1. The highest BCUT2D eigenvalue weighted by Crippen LogP contribution is 2.28. The predicted octanol–water partition coefficient (Wildman–Crippen LogP) is 3.00. The molecule has 0 bridgehead atoms. The van der Waals surface area contributed by atoms with Gasteiger partial charge in [-0.3, -0.25) is 4.79 Å². The molecule has 0 aliphatic carbocycles. The van der Waals surface area contributed by atoms with E-state index in [-0.39, 0.29) is 0 Å². The smallest absolute Gasteiger partial charge is 0.321 e. The molecule has 21 heavy (non-hydrogen) atoms. The van der Waals surface area contributed by atoms with Crippen LogP contribution in [-0.2, 0) is 4.79 Å². The number of nitrogens with two attached hydrogens (primary N) is 1. The van der Waals surface area contributed by atoms with E-state index in [1.165, 1.54) is 11.1 Å². The van der Waals surface area contributed by atoms with Crippen LogP contribution in [0, 0.1) is 13.8 Å². The molecule has 0 spiro atoms. The number of carboxylic acids is 1. The summed E-state index contributed by atoms with van der Waals surface area (Å²) in [6.07, 6.45) is 0.855. The van der Waals surface area contributed by atoms with Crippen LogP contribution in [0.15, 0.2) is 18.2 Å². The summed E-state index contributed by atoms with van der Waals surface area (Å²) in [7, 11) is 0. The molecule has 0 radical (unpaired) electrons. The van der Waals surface area contributed by atoms with Gasteiger partial charge in [-0.1, -0.05) is 6.07 Å². The Labute approximate surface area is 131 Å². The van der Waals surface area contributed by atoms with Gasteiger partial charge in [0.2, 0.25) is 0 Å². The fourth-order valence-corrected chi connectivity index (χ4v) is 3.06. The molecule has 0 fully saturated rings. The first kappa shape index (κ1) is 17.9. The van der Waals surface area contributed by atoms with Crippen molar-refractivity contribution in [1.29, 1.82) is 0 Å². The molecule has 0 amide bonds. The first-order valence-corrected chi connectivity index (χ1v) is 8.04. The highest BCUT2D eigenvalue weighted by atomic mass is 32.2. The van der Waals surface area contributed by atoms with Crippen LogP contribution in [0.25, 0.3) is 0 Å². The molecule has 1 atom stereocenters. The van der Waals surface area contributed by atoms with Gasteiger partial charge in [-0.15, -0.1) is 0 Å². The number of hydrogen-bond acceptors (Lipinski definition) is 4. The first-order chi connectivity index (χ1) is 9.72. The third kappa shape index (κ3) is 5.98. The minimum absolute atomic E-state index is 0.480. The number of rotatable bonds is 8. The van der Waals surface area contributed by atoms with Gasteiger partial charge in [0.25, 0.3) is 0 Å². The molecule has 0 aromatic heterocycles. The second-order valence-corrected chi connectivity index (χ2v) is 7.54. The van der Waals surface area contributed by atoms with E-state index in [9.17, 15) is 4.79 Å². The Morgan fingerprint density at radius 3 is 2.43 bits per heavy atom. The molecular weight excluding hydrogens is 286 g/mol. The maximum Gasteiger partial charge on any atom is 0.321 e. The maximum atomic E-state index is 10.9. The van der Waals surface area contributed by atoms with E-state index in [2.05, 4.69) is 6.07 Å². The van der Waals surface area contributed by atoms with Gasteiger partial charge in [-0.2, -0.15) is 11.8 Å². The Morgan fingerprint density at radius 1 is 1.33 bits per heavy atom. The fraction of sp³-hybridized carbons (Fsp3) is 0.562. The number of ether oxygens (including phenoxy) is 1. The number of hydrogen-bond donors (Lipinski definition) is 2. The van der Waals surface area contributed by atoms with E-state index in [1.807, 2.05) is 39.8 Å². The van der Waals surface area contributed by atoms with Crippen molar-refractivity contribution in [2.24, 2.45) is 5.73 Å². The average Bonchev–Trinajstić information content (AvgIpc) is 2.36. The van der Waals surface area contributed by atoms with Crippen molar-refractivity contribution in [1.82, 2.24) is 0 Å². The number of thioether (sulfide) groups is 1. The van der Waals surface area contributed by atoms with Crippen LogP contribution in [0.5, 0.6) is 5.75 Å². The summed E-state index contributed by atoms with van der Waals surface area (Å²) in [6, 6.07) is 5.29. The summed E-state index contributed by atoms with van der Waals surface area (Å²) in [5.74, 6) is 0.747. The fourth-order valence-electron chi connectivity index (χ4n) is 1.99. The number of aryl methyl sites for hydroxylation is 2. The lowest BCUT2D eigenvalue weighted by Gasteiger charge is -2.27. The Kier molecular flexibility index (Phi) is 6.55. The predicted molar refractivity (Wildman–Crippen MR) is 88.2 cm³/mol. The molecule has 0 saturated heterocycles. The number of aliphatic carboxylic acids is 1. The Morgan fingerprint density at radius 2 is 1.90 bits per heavy atom. The minimum atomic E-state index is -0.959. The van der Waals surface area contributed by atoms with Gasteiger partial charge in [0.05, 0.1) is 6.61 Å². The number of carbonyl (C=O) groups is 1. The third-order valence-corrected chi connectivity index (χ3v) is 4.73. The van der Waals surface area contributed by atoms with Gasteiger partial charge >= 0.3 is 5.97 Å². The molecule has 5 heteroatoms. The molecule has 0 aliphatic heterocycles. The van der Waals surface area contributed by atoms with Crippen LogP contribution >= 0.6 is 11.8 Å². The third-order valence-electron chi connectivity index (χ3n) is 3.24. The summed E-state index contributed by atoms with van der Waals surface area (Å²) in [5.41, 5.74) is 8.06. The molecule has 1 rings (SSSR count). The summed E-state index contributed by atoms with van der Waals surface area (Å²) in [6.45, 7) is 8.44. The van der Waals surface area contributed by atoms with Gasteiger partial charge in [0.15, 0.2) is 0 Å². The topological polar surface area (TPSA) is 72.5 Å². The van der Waals surface area contributed by atoms with Crippen LogP contribution < -0.4 is 10.5 Å². The highest BCUT2D eigenvalue weighted by Gasteiger charge is 2.32. The van der Waals surface area contributed by atoms with Crippen molar-refractivity contribution in [3.05, 3.63) is 29.3 Å². The Hall–Kier alpha value is -1.20. The van der Waals surface area contributed by atoms with E-state index in [0.717, 1.165) is 17.9 Å². The zero-order valence-corrected chi connectivity index (χ0v) is 14.0. The summed E-state index contributed by atoms with van der Waals surface area (Å²) in [5, 5.41) is 8.96. The first-order valence-electron chi connectivity index (χ1n) is 7.06. The van der Waals surface area contributed by atoms with E-state index < -0.39 is 16.8 Å². The lowest BCUT2D eigenvalue weighted by molar-refractivity contribution is -0.139. The molecule has 4 nitrogen and oxygen atoms in total. The highest BCUT2D eigenvalue weighted by molar-refractivity contribution is 8.00. The van der Waals surface area contributed by atoms with Crippen LogP contribution in [0.3, 0.4) is 0 Å². The second kappa shape index (κ2) is 7.71. The van der Waals surface area contributed by atoms with Crippen molar-refractivity contribution in [3.8, 4) is 5.75 Å². The molecule has 1 aromatic rings. The lowest BCUT2D eigenvalue weighted by Crippen LogP contribution is -2.46. The molecular formula is C16H25NO3S. The zero-order chi connectivity index (χ0) is 16.0. The van der Waals surface area contributed by atoms with Crippen molar-refractivity contribution < 1.29 is 14.6 Å². The quantitative estimate of drug-likeness (QED) is 0.722. The largest absolute Gasteiger partial charge is 0.494 e. The summed E-state index contributed by atoms with van der Waals surface area (Å²) < 4.78 is 5.25.